The van der Waals surface area contributed by atoms with E-state index < -0.39 is 0 Å². The lowest BCUT2D eigenvalue weighted by Gasteiger charge is -2.14. The standard InChI is InChI=1S/C13H18BrClN2/c1-9(7-17-11-3-4-11)16-8-10-2-5-12(14)13(15)6-10/h2,5-6,9,11,16-17H,3-4,7-8H2,1H3. The third-order valence-electron chi connectivity index (χ3n) is 2.93. The zero-order valence-corrected chi connectivity index (χ0v) is 12.3. The molecule has 1 aliphatic carbocycles. The summed E-state index contributed by atoms with van der Waals surface area (Å²) >= 11 is 9.45. The fourth-order valence-electron chi connectivity index (χ4n) is 1.64. The highest BCUT2D eigenvalue weighted by Crippen LogP contribution is 2.23. The molecule has 0 radical (unpaired) electrons. The maximum absolute atomic E-state index is 6.05. The van der Waals surface area contributed by atoms with E-state index in [4.69, 9.17) is 11.6 Å². The number of halogens is 2. The van der Waals surface area contributed by atoms with E-state index in [0.717, 1.165) is 28.6 Å². The molecule has 0 bridgehead atoms. The summed E-state index contributed by atoms with van der Waals surface area (Å²) in [5.74, 6) is 0. The number of hydrogen-bond donors (Lipinski definition) is 2. The third-order valence-corrected chi connectivity index (χ3v) is 4.16. The van der Waals surface area contributed by atoms with Crippen molar-refractivity contribution >= 4 is 27.5 Å². The van der Waals surface area contributed by atoms with Gasteiger partial charge >= 0.3 is 0 Å². The Labute approximate surface area is 116 Å². The molecule has 2 N–H and O–H groups in total. The van der Waals surface area contributed by atoms with Gasteiger partial charge in [0.15, 0.2) is 0 Å². The van der Waals surface area contributed by atoms with Crippen LogP contribution in [0.15, 0.2) is 22.7 Å². The van der Waals surface area contributed by atoms with Crippen molar-refractivity contribution in [1.82, 2.24) is 10.6 Å². The van der Waals surface area contributed by atoms with Crippen LogP contribution in [0, 0.1) is 0 Å². The minimum Gasteiger partial charge on any atom is -0.312 e. The summed E-state index contributed by atoms with van der Waals surface area (Å²) in [5.41, 5.74) is 1.22. The van der Waals surface area contributed by atoms with E-state index >= 15 is 0 Å². The Kier molecular flexibility index (Phi) is 4.86. The van der Waals surface area contributed by atoms with Gasteiger partial charge in [0.25, 0.3) is 0 Å². The molecule has 2 nitrogen and oxygen atoms in total. The SMILES string of the molecule is CC(CNC1CC1)NCc1ccc(Br)c(Cl)c1. The van der Waals surface area contributed by atoms with E-state index in [2.05, 4.69) is 39.6 Å². The highest BCUT2D eigenvalue weighted by molar-refractivity contribution is 9.10. The van der Waals surface area contributed by atoms with Crippen molar-refractivity contribution in [2.24, 2.45) is 0 Å². The Bertz CT molecular complexity index is 380. The molecule has 1 atom stereocenters. The molecule has 0 aromatic heterocycles. The molecule has 1 aliphatic rings. The molecular weight excluding hydrogens is 300 g/mol. The predicted molar refractivity (Wildman–Crippen MR) is 76.5 cm³/mol. The van der Waals surface area contributed by atoms with Crippen LogP contribution in [0.3, 0.4) is 0 Å². The summed E-state index contributed by atoms with van der Waals surface area (Å²) in [7, 11) is 0. The van der Waals surface area contributed by atoms with Gasteiger partial charge in [-0.3, -0.25) is 0 Å². The van der Waals surface area contributed by atoms with Crippen LogP contribution in [0.4, 0.5) is 0 Å². The number of benzene rings is 1. The van der Waals surface area contributed by atoms with Crippen LogP contribution in [-0.2, 0) is 6.54 Å². The average Bonchev–Trinajstić information content (AvgIpc) is 3.12. The zero-order valence-electron chi connectivity index (χ0n) is 9.97. The topological polar surface area (TPSA) is 24.1 Å². The zero-order chi connectivity index (χ0) is 12.3. The molecule has 0 aliphatic heterocycles. The van der Waals surface area contributed by atoms with Crippen LogP contribution in [-0.4, -0.2) is 18.6 Å². The second-order valence-corrected chi connectivity index (χ2v) is 5.97. The lowest BCUT2D eigenvalue weighted by atomic mass is 10.2. The minimum absolute atomic E-state index is 0.484. The van der Waals surface area contributed by atoms with Crippen molar-refractivity contribution in [3.05, 3.63) is 33.3 Å². The second kappa shape index (κ2) is 6.19. The van der Waals surface area contributed by atoms with E-state index in [1.165, 1.54) is 18.4 Å². The van der Waals surface area contributed by atoms with Crippen molar-refractivity contribution in [2.45, 2.75) is 38.4 Å². The number of rotatable bonds is 6. The molecule has 0 spiro atoms. The van der Waals surface area contributed by atoms with Gasteiger partial charge in [-0.25, -0.2) is 0 Å². The Morgan fingerprint density at radius 2 is 2.24 bits per heavy atom. The molecule has 4 heteroatoms. The van der Waals surface area contributed by atoms with Gasteiger partial charge < -0.3 is 10.6 Å². The van der Waals surface area contributed by atoms with Gasteiger partial charge in [0, 0.05) is 29.6 Å². The minimum atomic E-state index is 0.484. The largest absolute Gasteiger partial charge is 0.312 e. The van der Waals surface area contributed by atoms with Gasteiger partial charge in [0.05, 0.1) is 5.02 Å². The Morgan fingerprint density at radius 1 is 1.47 bits per heavy atom. The quantitative estimate of drug-likeness (QED) is 0.841. The summed E-state index contributed by atoms with van der Waals surface area (Å²) in [5, 5.41) is 7.78. The number of hydrogen-bond acceptors (Lipinski definition) is 2. The predicted octanol–water partition coefficient (Wildman–Crippen LogP) is 3.33. The van der Waals surface area contributed by atoms with Crippen molar-refractivity contribution in [1.29, 1.82) is 0 Å². The normalized spacial score (nSPS) is 17.1. The van der Waals surface area contributed by atoms with E-state index in [1.807, 2.05) is 12.1 Å². The molecule has 0 saturated heterocycles. The molecule has 1 aromatic rings. The van der Waals surface area contributed by atoms with Crippen LogP contribution in [0.25, 0.3) is 0 Å². The maximum atomic E-state index is 6.05. The first-order chi connectivity index (χ1) is 8.15. The average molecular weight is 318 g/mol. The van der Waals surface area contributed by atoms with Crippen molar-refractivity contribution in [3.63, 3.8) is 0 Å². The van der Waals surface area contributed by atoms with E-state index in [1.54, 1.807) is 0 Å². The van der Waals surface area contributed by atoms with Crippen molar-refractivity contribution < 1.29 is 0 Å². The molecule has 17 heavy (non-hydrogen) atoms. The summed E-state index contributed by atoms with van der Waals surface area (Å²) in [4.78, 5) is 0. The van der Waals surface area contributed by atoms with Crippen LogP contribution in [0.5, 0.6) is 0 Å². The van der Waals surface area contributed by atoms with Crippen LogP contribution >= 0.6 is 27.5 Å². The van der Waals surface area contributed by atoms with Gasteiger partial charge in [0.2, 0.25) is 0 Å². The van der Waals surface area contributed by atoms with Gasteiger partial charge in [0.1, 0.15) is 0 Å². The number of nitrogens with one attached hydrogen (secondary N) is 2. The first-order valence-corrected chi connectivity index (χ1v) is 7.23. The van der Waals surface area contributed by atoms with Crippen LogP contribution < -0.4 is 10.6 Å². The molecule has 0 amide bonds. The third kappa shape index (κ3) is 4.59. The monoisotopic (exact) mass is 316 g/mol. The summed E-state index contributed by atoms with van der Waals surface area (Å²) in [6.45, 7) is 4.10. The fraction of sp³-hybridized carbons (Fsp3) is 0.538. The van der Waals surface area contributed by atoms with E-state index in [-0.39, 0.29) is 0 Å². The van der Waals surface area contributed by atoms with Crippen molar-refractivity contribution in [2.75, 3.05) is 6.54 Å². The van der Waals surface area contributed by atoms with Crippen molar-refractivity contribution in [3.8, 4) is 0 Å². The van der Waals surface area contributed by atoms with E-state index in [9.17, 15) is 0 Å². The molecule has 0 heterocycles. The molecule has 1 aromatic carbocycles. The smallest absolute Gasteiger partial charge is 0.0551 e. The second-order valence-electron chi connectivity index (χ2n) is 4.71. The lowest BCUT2D eigenvalue weighted by molar-refractivity contribution is 0.500. The lowest BCUT2D eigenvalue weighted by Crippen LogP contribution is -2.36. The van der Waals surface area contributed by atoms with Gasteiger partial charge in [-0.1, -0.05) is 17.7 Å². The molecule has 94 valence electrons. The Balaban J connectivity index is 1.73. The molecule has 1 fully saturated rings. The van der Waals surface area contributed by atoms with Gasteiger partial charge in [-0.15, -0.1) is 0 Å². The summed E-state index contributed by atoms with van der Waals surface area (Å²) < 4.78 is 0.950. The van der Waals surface area contributed by atoms with Gasteiger partial charge in [-0.05, 0) is 53.4 Å². The molecular formula is C13H18BrClN2. The Morgan fingerprint density at radius 3 is 2.88 bits per heavy atom. The first-order valence-electron chi connectivity index (χ1n) is 6.06. The Hall–Kier alpha value is -0.0900. The molecule has 1 unspecified atom stereocenters. The molecule has 1 saturated carbocycles. The highest BCUT2D eigenvalue weighted by atomic mass is 79.9. The first kappa shape index (κ1) is 13.3. The highest BCUT2D eigenvalue weighted by Gasteiger charge is 2.20. The molecule has 2 rings (SSSR count). The summed E-state index contributed by atoms with van der Waals surface area (Å²) in [6.07, 6.45) is 2.68. The van der Waals surface area contributed by atoms with Gasteiger partial charge in [-0.2, -0.15) is 0 Å². The fourth-order valence-corrected chi connectivity index (χ4v) is 2.09. The van der Waals surface area contributed by atoms with Crippen LogP contribution in [0.1, 0.15) is 25.3 Å². The summed E-state index contributed by atoms with van der Waals surface area (Å²) in [6, 6.07) is 7.34. The maximum Gasteiger partial charge on any atom is 0.0551 e. The van der Waals surface area contributed by atoms with E-state index in [0.29, 0.717) is 6.04 Å². The van der Waals surface area contributed by atoms with Crippen LogP contribution in [0.2, 0.25) is 5.02 Å².